The number of nitrogens with one attached hydrogen (secondary N) is 1. The van der Waals surface area contributed by atoms with Gasteiger partial charge in [-0.2, -0.15) is 0 Å². The first-order chi connectivity index (χ1) is 15.8. The van der Waals surface area contributed by atoms with Gasteiger partial charge >= 0.3 is 6.09 Å². The number of nitrogens with zero attached hydrogens (tertiary/aromatic N) is 1. The van der Waals surface area contributed by atoms with Gasteiger partial charge in [-0.1, -0.05) is 25.5 Å². The van der Waals surface area contributed by atoms with Crippen molar-refractivity contribution >= 4 is 17.4 Å². The molecule has 1 N–H and O–H groups in total. The molecule has 0 aliphatic carbocycles. The van der Waals surface area contributed by atoms with E-state index in [1.807, 2.05) is 51.4 Å². The number of aryl methyl sites for hydroxylation is 1. The molecule has 0 aliphatic heterocycles. The van der Waals surface area contributed by atoms with E-state index in [2.05, 4.69) is 17.2 Å². The van der Waals surface area contributed by atoms with Gasteiger partial charge in [0.1, 0.15) is 18.0 Å². The van der Waals surface area contributed by atoms with E-state index in [-0.39, 0.29) is 0 Å². The van der Waals surface area contributed by atoms with Gasteiger partial charge in [0.25, 0.3) is 0 Å². The van der Waals surface area contributed by atoms with E-state index in [4.69, 9.17) is 18.9 Å². The number of rotatable bonds is 14. The first-order valence-electron chi connectivity index (χ1n) is 11.6. The van der Waals surface area contributed by atoms with E-state index >= 15 is 0 Å². The van der Waals surface area contributed by atoms with Crippen LogP contribution in [0.15, 0.2) is 23.7 Å². The lowest BCUT2D eigenvalue weighted by atomic mass is 10.1. The number of carbonyl (C=O) groups excluding carboxylic acids is 1. The van der Waals surface area contributed by atoms with E-state index < -0.39 is 11.7 Å². The molecule has 0 spiro atoms. The number of carbonyl (C=O) groups is 1. The first kappa shape index (κ1) is 27.1. The highest BCUT2D eigenvalue weighted by Gasteiger charge is 2.17. The fourth-order valence-electron chi connectivity index (χ4n) is 2.96. The van der Waals surface area contributed by atoms with E-state index in [0.29, 0.717) is 32.1 Å². The number of hydrogen-bond donors (Lipinski definition) is 1. The van der Waals surface area contributed by atoms with Gasteiger partial charge in [-0.15, -0.1) is 11.3 Å². The Balaban J connectivity index is 1.90. The van der Waals surface area contributed by atoms with Crippen LogP contribution in [0.4, 0.5) is 4.79 Å². The van der Waals surface area contributed by atoms with Crippen molar-refractivity contribution in [3.8, 4) is 16.2 Å². The van der Waals surface area contributed by atoms with Crippen LogP contribution in [0.25, 0.3) is 10.4 Å². The SMILES string of the molecule is CCCCOCCCOCCOc1cc(-c2scnc2C)ccc1CNC(=O)OC(C)(C)C. The number of alkyl carbamates (subject to hydrolysis) is 1. The number of thiazole rings is 1. The average Bonchev–Trinajstić information content (AvgIpc) is 3.18. The molecule has 8 heteroatoms. The number of aromatic nitrogens is 1. The highest BCUT2D eigenvalue weighted by atomic mass is 32.1. The Morgan fingerprint density at radius 3 is 2.45 bits per heavy atom. The van der Waals surface area contributed by atoms with Gasteiger partial charge < -0.3 is 24.3 Å². The van der Waals surface area contributed by atoms with Gasteiger partial charge in [-0.3, -0.25) is 0 Å². The highest BCUT2D eigenvalue weighted by molar-refractivity contribution is 7.13. The highest BCUT2D eigenvalue weighted by Crippen LogP contribution is 2.32. The number of ether oxygens (including phenoxy) is 4. The summed E-state index contributed by atoms with van der Waals surface area (Å²) in [6.07, 6.45) is 2.65. The van der Waals surface area contributed by atoms with Crippen LogP contribution in [-0.2, 0) is 20.8 Å². The van der Waals surface area contributed by atoms with Crippen LogP contribution in [0.5, 0.6) is 5.75 Å². The van der Waals surface area contributed by atoms with Gasteiger partial charge in [0.15, 0.2) is 0 Å². The molecule has 2 rings (SSSR count). The van der Waals surface area contributed by atoms with Crippen LogP contribution in [0.2, 0.25) is 0 Å². The van der Waals surface area contributed by atoms with Crippen molar-refractivity contribution in [1.29, 1.82) is 0 Å². The van der Waals surface area contributed by atoms with E-state index in [0.717, 1.165) is 54.2 Å². The third kappa shape index (κ3) is 10.5. The van der Waals surface area contributed by atoms with Crippen LogP contribution in [0.1, 0.15) is 58.2 Å². The van der Waals surface area contributed by atoms with Crippen molar-refractivity contribution in [3.63, 3.8) is 0 Å². The summed E-state index contributed by atoms with van der Waals surface area (Å²) in [5.74, 6) is 0.711. The zero-order chi connectivity index (χ0) is 24.1. The quantitative estimate of drug-likeness (QED) is 0.349. The Kier molecular flexibility index (Phi) is 11.6. The van der Waals surface area contributed by atoms with Gasteiger partial charge in [0, 0.05) is 31.9 Å². The fraction of sp³-hybridized carbons (Fsp3) is 0.600. The predicted octanol–water partition coefficient (Wildman–Crippen LogP) is 5.75. The molecular weight excluding hydrogens is 440 g/mol. The molecule has 0 radical (unpaired) electrons. The molecular formula is C25H38N2O5S. The fourth-order valence-corrected chi connectivity index (χ4v) is 3.76. The molecule has 7 nitrogen and oxygen atoms in total. The molecule has 33 heavy (non-hydrogen) atoms. The maximum Gasteiger partial charge on any atom is 0.407 e. The van der Waals surface area contributed by atoms with Crippen LogP contribution in [0, 0.1) is 6.92 Å². The Morgan fingerprint density at radius 1 is 1.06 bits per heavy atom. The van der Waals surface area contributed by atoms with Crippen LogP contribution < -0.4 is 10.1 Å². The average molecular weight is 479 g/mol. The zero-order valence-electron chi connectivity index (χ0n) is 20.6. The molecule has 1 heterocycles. The second kappa shape index (κ2) is 14.2. The topological polar surface area (TPSA) is 78.9 Å². The molecule has 0 saturated carbocycles. The molecule has 0 unspecified atom stereocenters. The summed E-state index contributed by atoms with van der Waals surface area (Å²) in [5, 5.41) is 2.80. The van der Waals surface area contributed by atoms with Crippen molar-refractivity contribution in [1.82, 2.24) is 10.3 Å². The van der Waals surface area contributed by atoms with Gasteiger partial charge in [0.2, 0.25) is 0 Å². The molecule has 0 aliphatic rings. The lowest BCUT2D eigenvalue weighted by Gasteiger charge is -2.20. The minimum Gasteiger partial charge on any atom is -0.491 e. The Morgan fingerprint density at radius 2 is 1.79 bits per heavy atom. The second-order valence-electron chi connectivity index (χ2n) is 8.73. The van der Waals surface area contributed by atoms with Crippen LogP contribution >= 0.6 is 11.3 Å². The van der Waals surface area contributed by atoms with Crippen molar-refractivity contribution in [2.75, 3.05) is 33.0 Å². The second-order valence-corrected chi connectivity index (χ2v) is 9.58. The molecule has 1 aromatic carbocycles. The lowest BCUT2D eigenvalue weighted by Crippen LogP contribution is -2.32. The Hall–Kier alpha value is -2.16. The van der Waals surface area contributed by atoms with Gasteiger partial charge in [0.05, 0.1) is 22.7 Å². The summed E-state index contributed by atoms with van der Waals surface area (Å²) in [6, 6.07) is 5.98. The third-order valence-electron chi connectivity index (χ3n) is 4.60. The Bertz CT molecular complexity index is 848. The molecule has 2 aromatic rings. The maximum absolute atomic E-state index is 12.1. The summed E-state index contributed by atoms with van der Waals surface area (Å²) >= 11 is 1.59. The summed E-state index contributed by atoms with van der Waals surface area (Å²) in [4.78, 5) is 17.5. The first-order valence-corrected chi connectivity index (χ1v) is 12.5. The lowest BCUT2D eigenvalue weighted by molar-refractivity contribution is 0.0522. The maximum atomic E-state index is 12.1. The monoisotopic (exact) mass is 478 g/mol. The molecule has 184 valence electrons. The zero-order valence-corrected chi connectivity index (χ0v) is 21.4. The number of hydrogen-bond acceptors (Lipinski definition) is 7. The summed E-state index contributed by atoms with van der Waals surface area (Å²) in [5.41, 5.74) is 4.18. The smallest absolute Gasteiger partial charge is 0.407 e. The summed E-state index contributed by atoms with van der Waals surface area (Å²) < 4.78 is 22.6. The van der Waals surface area contributed by atoms with E-state index in [9.17, 15) is 4.79 Å². The largest absolute Gasteiger partial charge is 0.491 e. The standard InChI is InChI=1S/C25H38N2O5S/c1-6-7-11-29-12-8-13-30-14-15-31-22-16-20(23-19(2)27-18-33-23)9-10-21(22)17-26-24(28)32-25(3,4)5/h9-10,16,18H,6-8,11-15,17H2,1-5H3,(H,26,28). The molecule has 0 fully saturated rings. The number of amides is 1. The van der Waals surface area contributed by atoms with E-state index in [1.54, 1.807) is 11.3 Å². The van der Waals surface area contributed by atoms with Gasteiger partial charge in [-0.05, 0) is 52.2 Å². The molecule has 1 amide bonds. The van der Waals surface area contributed by atoms with Crippen molar-refractivity contribution in [2.45, 2.75) is 66.0 Å². The molecule has 0 saturated heterocycles. The van der Waals surface area contributed by atoms with E-state index in [1.165, 1.54) is 0 Å². The van der Waals surface area contributed by atoms with Crippen LogP contribution in [-0.4, -0.2) is 49.7 Å². The Labute approximate surface area is 201 Å². The van der Waals surface area contributed by atoms with Gasteiger partial charge in [-0.25, -0.2) is 9.78 Å². The van der Waals surface area contributed by atoms with Crippen molar-refractivity contribution in [2.24, 2.45) is 0 Å². The minimum atomic E-state index is -0.546. The normalized spacial score (nSPS) is 11.4. The van der Waals surface area contributed by atoms with Crippen molar-refractivity contribution in [3.05, 3.63) is 35.0 Å². The number of benzene rings is 1. The number of unbranched alkanes of at least 4 members (excludes halogenated alkanes) is 1. The summed E-state index contributed by atoms with van der Waals surface area (Å²) in [6.45, 7) is 13.0. The predicted molar refractivity (Wildman–Crippen MR) is 132 cm³/mol. The molecule has 1 aromatic heterocycles. The summed E-state index contributed by atoms with van der Waals surface area (Å²) in [7, 11) is 0. The van der Waals surface area contributed by atoms with Crippen LogP contribution in [0.3, 0.4) is 0 Å². The van der Waals surface area contributed by atoms with Crippen molar-refractivity contribution < 1.29 is 23.7 Å². The molecule has 0 bridgehead atoms. The molecule has 0 atom stereocenters. The third-order valence-corrected chi connectivity index (χ3v) is 5.58. The minimum absolute atomic E-state index is 0.308.